The monoisotopic (exact) mass is 270 g/mol. The molecule has 3 N–H and O–H groups in total. The minimum atomic E-state index is -0.303. The van der Waals surface area contributed by atoms with Crippen LogP contribution in [0.15, 0.2) is 18.2 Å². The van der Waals surface area contributed by atoms with Gasteiger partial charge in [-0.3, -0.25) is 4.79 Å². The van der Waals surface area contributed by atoms with Crippen molar-refractivity contribution in [3.05, 3.63) is 23.2 Å². The maximum Gasteiger partial charge on any atom is 0.250 e. The molecule has 0 aliphatic heterocycles. The van der Waals surface area contributed by atoms with E-state index in [9.17, 15) is 4.79 Å². The first-order chi connectivity index (χ1) is 8.34. The van der Waals surface area contributed by atoms with Crippen LogP contribution in [0.3, 0.4) is 0 Å². The number of ether oxygens (including phenoxy) is 1. The zero-order chi connectivity index (χ0) is 13.8. The number of anilines is 2. The highest BCUT2D eigenvalue weighted by atomic mass is 35.5. The first-order valence-corrected chi connectivity index (χ1v) is 6.20. The second-order valence-electron chi connectivity index (χ2n) is 4.68. The molecule has 0 bridgehead atoms. The maximum absolute atomic E-state index is 11.7. The number of carbonyl (C=O) groups excluding carboxylic acids is 1. The van der Waals surface area contributed by atoms with Gasteiger partial charge in [0.1, 0.15) is 6.61 Å². The highest BCUT2D eigenvalue weighted by Crippen LogP contribution is 2.22. The third kappa shape index (κ3) is 4.55. The number of nitrogens with two attached hydrogens (primary N) is 1. The molecule has 18 heavy (non-hydrogen) atoms. The van der Waals surface area contributed by atoms with Gasteiger partial charge < -0.3 is 15.8 Å². The number of amides is 1. The molecule has 0 spiro atoms. The summed E-state index contributed by atoms with van der Waals surface area (Å²) in [5.41, 5.74) is 6.41. The van der Waals surface area contributed by atoms with Crippen molar-refractivity contribution in [3.8, 4) is 0 Å². The van der Waals surface area contributed by atoms with Crippen molar-refractivity contribution >= 4 is 28.9 Å². The molecule has 1 aromatic rings. The van der Waals surface area contributed by atoms with Gasteiger partial charge in [0.2, 0.25) is 5.91 Å². The molecule has 1 rings (SSSR count). The Morgan fingerprint density at radius 2 is 2.17 bits per heavy atom. The average molecular weight is 271 g/mol. The SMILES string of the molecule is CCC(C)(C)OCC(=O)Nc1ccc(Cl)cc1N. The highest BCUT2D eigenvalue weighted by Gasteiger charge is 2.17. The minimum Gasteiger partial charge on any atom is -0.397 e. The average Bonchev–Trinajstić information content (AvgIpc) is 2.30. The Kier molecular flexibility index (Phi) is 4.99. The van der Waals surface area contributed by atoms with Gasteiger partial charge >= 0.3 is 0 Å². The highest BCUT2D eigenvalue weighted by molar-refractivity contribution is 6.31. The maximum atomic E-state index is 11.7. The molecule has 0 saturated heterocycles. The molecule has 0 atom stereocenters. The lowest BCUT2D eigenvalue weighted by Gasteiger charge is -2.23. The van der Waals surface area contributed by atoms with Crippen LogP contribution in [0.4, 0.5) is 11.4 Å². The predicted octanol–water partition coefficient (Wildman–Crippen LogP) is 3.07. The molecule has 100 valence electrons. The Labute approximate surface area is 112 Å². The van der Waals surface area contributed by atoms with Crippen LogP contribution in [0.1, 0.15) is 27.2 Å². The normalized spacial score (nSPS) is 11.3. The lowest BCUT2D eigenvalue weighted by molar-refractivity contribution is -0.126. The van der Waals surface area contributed by atoms with E-state index in [0.717, 1.165) is 6.42 Å². The van der Waals surface area contributed by atoms with E-state index in [2.05, 4.69) is 5.32 Å². The summed E-state index contributed by atoms with van der Waals surface area (Å²) in [5, 5.41) is 3.22. The van der Waals surface area contributed by atoms with Crippen LogP contribution in [-0.4, -0.2) is 18.1 Å². The number of hydrogen-bond donors (Lipinski definition) is 2. The molecule has 5 heteroatoms. The summed E-state index contributed by atoms with van der Waals surface area (Å²) in [6.07, 6.45) is 0.837. The smallest absolute Gasteiger partial charge is 0.250 e. The molecule has 1 aromatic carbocycles. The number of hydrogen-bond acceptors (Lipinski definition) is 3. The Morgan fingerprint density at radius 3 is 2.72 bits per heavy atom. The van der Waals surface area contributed by atoms with Gasteiger partial charge in [-0.25, -0.2) is 0 Å². The Bertz CT molecular complexity index is 433. The summed E-state index contributed by atoms with van der Waals surface area (Å²) in [4.78, 5) is 11.7. The Balaban J connectivity index is 2.55. The predicted molar refractivity (Wildman–Crippen MR) is 74.8 cm³/mol. The first kappa shape index (κ1) is 14.8. The quantitative estimate of drug-likeness (QED) is 0.808. The van der Waals surface area contributed by atoms with Gasteiger partial charge in [-0.05, 0) is 38.5 Å². The fourth-order valence-electron chi connectivity index (χ4n) is 1.20. The second-order valence-corrected chi connectivity index (χ2v) is 5.12. The summed E-state index contributed by atoms with van der Waals surface area (Å²) >= 11 is 5.78. The topological polar surface area (TPSA) is 64.3 Å². The molecule has 0 aliphatic rings. The lowest BCUT2D eigenvalue weighted by Crippen LogP contribution is -2.29. The largest absolute Gasteiger partial charge is 0.397 e. The molecule has 0 aromatic heterocycles. The van der Waals surface area contributed by atoms with Crippen molar-refractivity contribution in [1.82, 2.24) is 0 Å². The van der Waals surface area contributed by atoms with Gasteiger partial charge in [-0.1, -0.05) is 18.5 Å². The van der Waals surface area contributed by atoms with E-state index in [1.165, 1.54) is 0 Å². The number of benzene rings is 1. The molecule has 0 aliphatic carbocycles. The van der Waals surface area contributed by atoms with Crippen molar-refractivity contribution in [2.24, 2.45) is 0 Å². The fraction of sp³-hybridized carbons (Fsp3) is 0.462. The van der Waals surface area contributed by atoms with Crippen LogP contribution in [-0.2, 0) is 9.53 Å². The number of nitrogens with one attached hydrogen (secondary N) is 1. The van der Waals surface area contributed by atoms with Crippen LogP contribution < -0.4 is 11.1 Å². The van der Waals surface area contributed by atoms with Crippen molar-refractivity contribution in [3.63, 3.8) is 0 Å². The second kappa shape index (κ2) is 6.07. The standard InChI is InChI=1S/C13H19ClN2O2/c1-4-13(2,3)18-8-12(17)16-11-6-5-9(14)7-10(11)15/h5-7H,4,8,15H2,1-3H3,(H,16,17). The number of halogens is 1. The summed E-state index contributed by atoms with van der Waals surface area (Å²) in [6.45, 7) is 5.89. The lowest BCUT2D eigenvalue weighted by atomic mass is 10.1. The summed E-state index contributed by atoms with van der Waals surface area (Å²) in [6, 6.07) is 4.93. The molecular weight excluding hydrogens is 252 g/mol. The van der Waals surface area contributed by atoms with E-state index >= 15 is 0 Å². The molecule has 0 heterocycles. The van der Waals surface area contributed by atoms with E-state index in [1.807, 2.05) is 20.8 Å². The summed E-state index contributed by atoms with van der Waals surface area (Å²) < 4.78 is 5.50. The summed E-state index contributed by atoms with van der Waals surface area (Å²) in [5.74, 6) is -0.231. The first-order valence-electron chi connectivity index (χ1n) is 5.83. The zero-order valence-electron chi connectivity index (χ0n) is 10.9. The van der Waals surface area contributed by atoms with Crippen LogP contribution in [0.5, 0.6) is 0 Å². The van der Waals surface area contributed by atoms with Gasteiger partial charge in [-0.2, -0.15) is 0 Å². The fourth-order valence-corrected chi connectivity index (χ4v) is 1.38. The molecule has 0 saturated carbocycles. The molecular formula is C13H19ClN2O2. The zero-order valence-corrected chi connectivity index (χ0v) is 11.7. The van der Waals surface area contributed by atoms with E-state index in [0.29, 0.717) is 16.4 Å². The molecule has 4 nitrogen and oxygen atoms in total. The molecule has 0 unspecified atom stereocenters. The van der Waals surface area contributed by atoms with Crippen LogP contribution >= 0.6 is 11.6 Å². The van der Waals surface area contributed by atoms with Crippen molar-refractivity contribution < 1.29 is 9.53 Å². The third-order valence-electron chi connectivity index (χ3n) is 2.73. The third-order valence-corrected chi connectivity index (χ3v) is 2.97. The van der Waals surface area contributed by atoms with Crippen molar-refractivity contribution in [2.45, 2.75) is 32.8 Å². The number of rotatable bonds is 5. The van der Waals surface area contributed by atoms with E-state index in [1.54, 1.807) is 18.2 Å². The molecule has 1 amide bonds. The van der Waals surface area contributed by atoms with Gasteiger partial charge in [0.25, 0.3) is 0 Å². The van der Waals surface area contributed by atoms with E-state index in [-0.39, 0.29) is 18.1 Å². The van der Waals surface area contributed by atoms with E-state index < -0.39 is 0 Å². The number of carbonyl (C=O) groups is 1. The van der Waals surface area contributed by atoms with Crippen molar-refractivity contribution in [1.29, 1.82) is 0 Å². The molecule has 0 fully saturated rings. The van der Waals surface area contributed by atoms with Crippen LogP contribution in [0.2, 0.25) is 5.02 Å². The number of nitrogen functional groups attached to an aromatic ring is 1. The molecule has 0 radical (unpaired) electrons. The minimum absolute atomic E-state index is 0.00288. The summed E-state index contributed by atoms with van der Waals surface area (Å²) in [7, 11) is 0. The van der Waals surface area contributed by atoms with Gasteiger partial charge in [0.05, 0.1) is 17.0 Å². The van der Waals surface area contributed by atoms with Gasteiger partial charge in [0.15, 0.2) is 0 Å². The van der Waals surface area contributed by atoms with Crippen LogP contribution in [0.25, 0.3) is 0 Å². The Morgan fingerprint density at radius 1 is 1.50 bits per heavy atom. The van der Waals surface area contributed by atoms with Gasteiger partial charge in [-0.15, -0.1) is 0 Å². The van der Waals surface area contributed by atoms with E-state index in [4.69, 9.17) is 22.1 Å². The Hall–Kier alpha value is -1.26. The van der Waals surface area contributed by atoms with Crippen LogP contribution in [0, 0.1) is 0 Å². The van der Waals surface area contributed by atoms with Crippen molar-refractivity contribution in [2.75, 3.05) is 17.7 Å². The van der Waals surface area contributed by atoms with Gasteiger partial charge in [0, 0.05) is 5.02 Å².